The van der Waals surface area contributed by atoms with E-state index in [1.807, 2.05) is 42.5 Å². The predicted octanol–water partition coefficient (Wildman–Crippen LogP) is 5.25. The van der Waals surface area contributed by atoms with E-state index in [1.54, 1.807) is 0 Å². The average Bonchev–Trinajstić information content (AvgIpc) is 3.26. The molecular weight excluding hydrogens is 468 g/mol. The Balaban J connectivity index is 0.00000256. The lowest BCUT2D eigenvalue weighted by Crippen LogP contribution is -2.26. The second kappa shape index (κ2) is 9.64. The van der Waals surface area contributed by atoms with Crippen molar-refractivity contribution < 1.29 is 9.94 Å². The fraction of sp³-hybridized carbons (Fsp3) is 0.273. The van der Waals surface area contributed by atoms with Crippen molar-refractivity contribution in [1.82, 2.24) is 9.88 Å². The summed E-state index contributed by atoms with van der Waals surface area (Å²) in [6.07, 6.45) is 0. The average molecular weight is 492 g/mol. The summed E-state index contributed by atoms with van der Waals surface area (Å²) in [6.45, 7) is 7.51. The summed E-state index contributed by atoms with van der Waals surface area (Å²) in [5.41, 5.74) is 4.41. The van der Waals surface area contributed by atoms with E-state index in [-0.39, 0.29) is 18.3 Å². The van der Waals surface area contributed by atoms with Crippen LogP contribution < -0.4 is 0 Å². The van der Waals surface area contributed by atoms with Crippen LogP contribution in [0.25, 0.3) is 10.9 Å². The van der Waals surface area contributed by atoms with Gasteiger partial charge in [0, 0.05) is 22.0 Å². The summed E-state index contributed by atoms with van der Waals surface area (Å²) in [6, 6.07) is 13.6. The minimum atomic E-state index is 0. The van der Waals surface area contributed by atoms with E-state index in [2.05, 4.69) is 44.8 Å². The molecule has 0 saturated carbocycles. The molecular formula is C22H24BrClN4O2. The molecule has 1 aliphatic heterocycles. The van der Waals surface area contributed by atoms with Gasteiger partial charge in [-0.25, -0.2) is 4.99 Å². The van der Waals surface area contributed by atoms with Crippen molar-refractivity contribution in [2.24, 2.45) is 10.1 Å². The van der Waals surface area contributed by atoms with Crippen LogP contribution in [0.2, 0.25) is 0 Å². The smallest absolute Gasteiger partial charge is 0.199 e. The van der Waals surface area contributed by atoms with Gasteiger partial charge in [-0.1, -0.05) is 49.3 Å². The number of hydrogen-bond donors (Lipinski definition) is 2. The molecule has 3 aromatic rings. The van der Waals surface area contributed by atoms with E-state index >= 15 is 0 Å². The van der Waals surface area contributed by atoms with Gasteiger partial charge in [-0.3, -0.25) is 0 Å². The van der Waals surface area contributed by atoms with Gasteiger partial charge in [0.2, 0.25) is 0 Å². The van der Waals surface area contributed by atoms with Gasteiger partial charge in [0.25, 0.3) is 0 Å². The molecule has 8 heteroatoms. The van der Waals surface area contributed by atoms with Crippen LogP contribution in [0.1, 0.15) is 25.0 Å². The summed E-state index contributed by atoms with van der Waals surface area (Å²) in [5.74, 6) is 0.0642. The number of aromatic nitrogens is 1. The van der Waals surface area contributed by atoms with E-state index in [0.717, 1.165) is 46.3 Å². The number of rotatable bonds is 7. The van der Waals surface area contributed by atoms with Crippen molar-refractivity contribution in [2.45, 2.75) is 13.8 Å². The van der Waals surface area contributed by atoms with Crippen LogP contribution in [-0.2, 0) is 4.84 Å². The van der Waals surface area contributed by atoms with Crippen LogP contribution in [0.5, 0.6) is 5.88 Å². The molecule has 0 atom stereocenters. The number of aromatic amines is 1. The molecule has 2 heterocycles. The molecule has 0 fully saturated rings. The monoisotopic (exact) mass is 490 g/mol. The molecule has 0 radical (unpaired) electrons. The number of hydrogen-bond acceptors (Lipinski definition) is 5. The third kappa shape index (κ3) is 4.10. The van der Waals surface area contributed by atoms with Crippen LogP contribution in [0, 0.1) is 0 Å². The highest BCUT2D eigenvalue weighted by atomic mass is 79.9. The minimum Gasteiger partial charge on any atom is -0.494 e. The number of halogens is 2. The largest absolute Gasteiger partial charge is 0.494 e. The van der Waals surface area contributed by atoms with Gasteiger partial charge in [-0.2, -0.15) is 0 Å². The first-order valence-corrected chi connectivity index (χ1v) is 10.5. The fourth-order valence-corrected chi connectivity index (χ4v) is 4.03. The molecule has 30 heavy (non-hydrogen) atoms. The SMILES string of the molecule is CCN(CC)CCO/N=C1/C(c2c(O)[nH]c3c(Br)cccc23)=Nc2ccccc21.Cl. The molecule has 0 unspecified atom stereocenters. The van der Waals surface area contributed by atoms with Crippen molar-refractivity contribution in [3.63, 3.8) is 0 Å². The maximum Gasteiger partial charge on any atom is 0.199 e. The molecule has 4 rings (SSSR count). The van der Waals surface area contributed by atoms with Crippen molar-refractivity contribution in [2.75, 3.05) is 26.2 Å². The lowest BCUT2D eigenvalue weighted by atomic mass is 10.0. The Morgan fingerprint density at radius 2 is 1.90 bits per heavy atom. The molecule has 2 aromatic carbocycles. The number of aliphatic imine (C=N–C) groups is 1. The van der Waals surface area contributed by atoms with Gasteiger partial charge in [-0.15, -0.1) is 12.4 Å². The Labute approximate surface area is 190 Å². The first-order chi connectivity index (χ1) is 14.1. The topological polar surface area (TPSA) is 73.2 Å². The molecule has 0 bridgehead atoms. The second-order valence-electron chi connectivity index (χ2n) is 6.79. The molecule has 6 nitrogen and oxygen atoms in total. The van der Waals surface area contributed by atoms with Crippen LogP contribution in [-0.4, -0.2) is 52.7 Å². The van der Waals surface area contributed by atoms with E-state index < -0.39 is 0 Å². The Hall–Kier alpha value is -2.35. The van der Waals surface area contributed by atoms with Crippen LogP contribution in [0.4, 0.5) is 5.69 Å². The maximum absolute atomic E-state index is 10.7. The number of H-pyrrole nitrogens is 1. The molecule has 0 amide bonds. The summed E-state index contributed by atoms with van der Waals surface area (Å²) >= 11 is 3.53. The zero-order valence-electron chi connectivity index (χ0n) is 16.9. The number of benzene rings is 2. The van der Waals surface area contributed by atoms with Crippen LogP contribution >= 0.6 is 28.3 Å². The van der Waals surface area contributed by atoms with Crippen molar-refractivity contribution >= 4 is 56.4 Å². The lowest BCUT2D eigenvalue weighted by Gasteiger charge is -2.16. The number of para-hydroxylation sites is 2. The zero-order chi connectivity index (χ0) is 20.4. The van der Waals surface area contributed by atoms with E-state index in [1.165, 1.54) is 0 Å². The normalized spacial score (nSPS) is 14.1. The molecule has 0 aliphatic carbocycles. The quantitative estimate of drug-likeness (QED) is 0.350. The highest BCUT2D eigenvalue weighted by Gasteiger charge is 2.29. The highest BCUT2D eigenvalue weighted by molar-refractivity contribution is 9.10. The summed E-state index contributed by atoms with van der Waals surface area (Å²) in [7, 11) is 0. The van der Waals surface area contributed by atoms with Gasteiger partial charge < -0.3 is 19.8 Å². The molecule has 158 valence electrons. The van der Waals surface area contributed by atoms with Crippen LogP contribution in [0.15, 0.2) is 57.1 Å². The summed E-state index contributed by atoms with van der Waals surface area (Å²) < 4.78 is 0.877. The number of nitrogens with one attached hydrogen (secondary N) is 1. The Morgan fingerprint density at radius 1 is 1.13 bits per heavy atom. The zero-order valence-corrected chi connectivity index (χ0v) is 19.3. The third-order valence-corrected chi connectivity index (χ3v) is 5.83. The van der Waals surface area contributed by atoms with Gasteiger partial charge >= 0.3 is 0 Å². The molecule has 2 N–H and O–H groups in total. The van der Waals surface area contributed by atoms with E-state index in [9.17, 15) is 5.11 Å². The number of nitrogens with zero attached hydrogens (tertiary/aromatic N) is 3. The Kier molecular flexibility index (Phi) is 7.18. The van der Waals surface area contributed by atoms with Gasteiger partial charge in [0.05, 0.1) is 16.8 Å². The van der Waals surface area contributed by atoms with E-state index in [4.69, 9.17) is 9.83 Å². The fourth-order valence-electron chi connectivity index (χ4n) is 3.57. The summed E-state index contributed by atoms with van der Waals surface area (Å²) in [4.78, 5) is 15.8. The number of aromatic hydroxyl groups is 1. The number of oxime groups is 1. The summed E-state index contributed by atoms with van der Waals surface area (Å²) in [5, 5.41) is 16.0. The highest BCUT2D eigenvalue weighted by Crippen LogP contribution is 2.37. The van der Waals surface area contributed by atoms with E-state index in [0.29, 0.717) is 23.6 Å². The predicted molar refractivity (Wildman–Crippen MR) is 128 cm³/mol. The standard InChI is InChI=1S/C22H23BrN4O2.ClH/c1-3-27(4-2)12-13-29-26-20-14-8-5-6-11-17(14)24-21(20)18-15-9-7-10-16(23)19(15)25-22(18)28;/h5-11,25,28H,3-4,12-13H2,1-2H3;1H/b26-20+;. The molecule has 0 saturated heterocycles. The van der Waals surface area contributed by atoms with Gasteiger partial charge in [0.1, 0.15) is 18.0 Å². The Bertz CT molecular complexity index is 1110. The molecule has 1 aromatic heterocycles. The second-order valence-corrected chi connectivity index (χ2v) is 7.64. The van der Waals surface area contributed by atoms with Crippen molar-refractivity contribution in [1.29, 1.82) is 0 Å². The molecule has 1 aliphatic rings. The van der Waals surface area contributed by atoms with Crippen molar-refractivity contribution in [3.8, 4) is 5.88 Å². The first-order valence-electron chi connectivity index (χ1n) is 9.74. The van der Waals surface area contributed by atoms with Gasteiger partial charge in [-0.05, 0) is 41.2 Å². The minimum absolute atomic E-state index is 0. The van der Waals surface area contributed by atoms with Crippen LogP contribution in [0.3, 0.4) is 0 Å². The maximum atomic E-state index is 10.7. The van der Waals surface area contributed by atoms with Gasteiger partial charge in [0.15, 0.2) is 5.88 Å². The number of fused-ring (bicyclic) bond motifs is 2. The molecule has 0 spiro atoms. The van der Waals surface area contributed by atoms with Crippen molar-refractivity contribution in [3.05, 3.63) is 58.1 Å². The third-order valence-electron chi connectivity index (χ3n) is 5.16. The first kappa shape index (κ1) is 22.3. The lowest BCUT2D eigenvalue weighted by molar-refractivity contribution is 0.115. The number of likely N-dealkylation sites (N-methyl/N-ethyl adjacent to an activating group) is 1. The Morgan fingerprint density at radius 3 is 2.67 bits per heavy atom.